The van der Waals surface area contributed by atoms with Gasteiger partial charge >= 0.3 is 0 Å². The molecule has 0 saturated heterocycles. The second-order valence-electron chi connectivity index (χ2n) is 4.51. The van der Waals surface area contributed by atoms with Crippen LogP contribution in [0.2, 0.25) is 0 Å². The van der Waals surface area contributed by atoms with Gasteiger partial charge in [-0.2, -0.15) is 0 Å². The molecule has 62 valence electrons. The molecule has 0 radical (unpaired) electrons. The summed E-state index contributed by atoms with van der Waals surface area (Å²) >= 11 is 0. The standard InChI is InChI=1S/C11H18/c1-11-8-4-2-6-10(11)7-3-5-9-11/h2,4,10H,3,5-9H2,1H3. The highest BCUT2D eigenvalue weighted by molar-refractivity contribution is 5.01. The van der Waals surface area contributed by atoms with E-state index in [9.17, 15) is 0 Å². The van der Waals surface area contributed by atoms with Crippen LogP contribution in [0.5, 0.6) is 0 Å². The summed E-state index contributed by atoms with van der Waals surface area (Å²) in [4.78, 5) is 0. The molecule has 1 fully saturated rings. The summed E-state index contributed by atoms with van der Waals surface area (Å²) in [7, 11) is 0. The molecule has 11 heavy (non-hydrogen) atoms. The molecule has 0 heterocycles. The van der Waals surface area contributed by atoms with E-state index >= 15 is 0 Å². The van der Waals surface area contributed by atoms with Crippen LogP contribution in [0, 0.1) is 11.3 Å². The molecule has 2 rings (SSSR count). The van der Waals surface area contributed by atoms with Crippen molar-refractivity contribution in [2.24, 2.45) is 11.3 Å². The number of rotatable bonds is 0. The molecular weight excluding hydrogens is 132 g/mol. The first-order valence-corrected chi connectivity index (χ1v) is 4.96. The number of hydrogen-bond donors (Lipinski definition) is 0. The fourth-order valence-electron chi connectivity index (χ4n) is 2.76. The first-order chi connectivity index (χ1) is 5.31. The molecule has 0 aromatic rings. The number of fused-ring (bicyclic) bond motifs is 1. The first kappa shape index (κ1) is 7.39. The predicted molar refractivity (Wildman–Crippen MR) is 48.4 cm³/mol. The maximum atomic E-state index is 2.49. The summed E-state index contributed by atoms with van der Waals surface area (Å²) in [5.74, 6) is 1.02. The van der Waals surface area contributed by atoms with Crippen LogP contribution < -0.4 is 0 Å². The molecule has 0 aromatic heterocycles. The molecule has 2 unspecified atom stereocenters. The van der Waals surface area contributed by atoms with Crippen molar-refractivity contribution in [1.29, 1.82) is 0 Å². The minimum atomic E-state index is 0.688. The lowest BCUT2D eigenvalue weighted by molar-refractivity contribution is 0.113. The third-order valence-electron chi connectivity index (χ3n) is 3.71. The Bertz CT molecular complexity index is 169. The Morgan fingerprint density at radius 2 is 2.18 bits per heavy atom. The van der Waals surface area contributed by atoms with E-state index in [0.717, 1.165) is 5.92 Å². The lowest BCUT2D eigenvalue weighted by Gasteiger charge is -2.43. The molecule has 2 atom stereocenters. The highest BCUT2D eigenvalue weighted by Gasteiger charge is 2.35. The van der Waals surface area contributed by atoms with Gasteiger partial charge in [-0.15, -0.1) is 0 Å². The van der Waals surface area contributed by atoms with Crippen LogP contribution >= 0.6 is 0 Å². The zero-order chi connectivity index (χ0) is 7.73. The zero-order valence-corrected chi connectivity index (χ0v) is 7.47. The third-order valence-corrected chi connectivity index (χ3v) is 3.71. The van der Waals surface area contributed by atoms with Crippen LogP contribution in [0.3, 0.4) is 0 Å². The van der Waals surface area contributed by atoms with Crippen molar-refractivity contribution in [3.8, 4) is 0 Å². The first-order valence-electron chi connectivity index (χ1n) is 4.96. The van der Waals surface area contributed by atoms with Gasteiger partial charge in [-0.05, 0) is 37.0 Å². The van der Waals surface area contributed by atoms with Crippen molar-refractivity contribution in [3.63, 3.8) is 0 Å². The summed E-state index contributed by atoms with van der Waals surface area (Å²) in [6, 6.07) is 0. The lowest BCUT2D eigenvalue weighted by Crippen LogP contribution is -2.31. The molecule has 0 aliphatic heterocycles. The van der Waals surface area contributed by atoms with Gasteiger partial charge in [0.15, 0.2) is 0 Å². The molecule has 0 nitrogen and oxygen atoms in total. The molecule has 0 N–H and O–H groups in total. The monoisotopic (exact) mass is 150 g/mol. The Labute approximate surface area is 69.7 Å². The van der Waals surface area contributed by atoms with Crippen molar-refractivity contribution in [2.75, 3.05) is 0 Å². The molecule has 0 aromatic carbocycles. The van der Waals surface area contributed by atoms with Crippen molar-refractivity contribution in [1.82, 2.24) is 0 Å². The van der Waals surface area contributed by atoms with E-state index in [1.807, 2.05) is 0 Å². The lowest BCUT2D eigenvalue weighted by atomic mass is 9.63. The Balaban J connectivity index is 2.15. The van der Waals surface area contributed by atoms with Gasteiger partial charge in [0.05, 0.1) is 0 Å². The number of allylic oxidation sites excluding steroid dienone is 2. The maximum absolute atomic E-state index is 2.49. The van der Waals surface area contributed by atoms with Gasteiger partial charge in [0.25, 0.3) is 0 Å². The molecule has 2 aliphatic rings. The topological polar surface area (TPSA) is 0 Å². The van der Waals surface area contributed by atoms with Gasteiger partial charge < -0.3 is 0 Å². The van der Waals surface area contributed by atoms with Crippen LogP contribution in [0.25, 0.3) is 0 Å². The minimum Gasteiger partial charge on any atom is -0.0882 e. The van der Waals surface area contributed by atoms with E-state index in [1.54, 1.807) is 0 Å². The SMILES string of the molecule is CC12CC=CCC1CCCC2. The van der Waals surface area contributed by atoms with Gasteiger partial charge in [0, 0.05) is 0 Å². The molecular formula is C11H18. The van der Waals surface area contributed by atoms with E-state index in [1.165, 1.54) is 38.5 Å². The van der Waals surface area contributed by atoms with E-state index in [0.29, 0.717) is 5.41 Å². The van der Waals surface area contributed by atoms with E-state index in [4.69, 9.17) is 0 Å². The van der Waals surface area contributed by atoms with Gasteiger partial charge in [0.2, 0.25) is 0 Å². The quantitative estimate of drug-likeness (QED) is 0.463. The Kier molecular flexibility index (Phi) is 1.78. The van der Waals surface area contributed by atoms with Gasteiger partial charge in [0.1, 0.15) is 0 Å². The maximum Gasteiger partial charge on any atom is -0.0260 e. The van der Waals surface area contributed by atoms with Crippen LogP contribution in [0.15, 0.2) is 12.2 Å². The van der Waals surface area contributed by atoms with Crippen LogP contribution in [-0.2, 0) is 0 Å². The minimum absolute atomic E-state index is 0.688. The smallest absolute Gasteiger partial charge is 0.0260 e. The second-order valence-corrected chi connectivity index (χ2v) is 4.51. The molecule has 2 aliphatic carbocycles. The van der Waals surface area contributed by atoms with Gasteiger partial charge in [-0.25, -0.2) is 0 Å². The summed E-state index contributed by atoms with van der Waals surface area (Å²) < 4.78 is 0. The number of hydrogen-bond acceptors (Lipinski definition) is 0. The largest absolute Gasteiger partial charge is 0.0882 e. The highest BCUT2D eigenvalue weighted by atomic mass is 14.4. The predicted octanol–water partition coefficient (Wildman–Crippen LogP) is 3.53. The van der Waals surface area contributed by atoms with Crippen molar-refractivity contribution in [3.05, 3.63) is 12.2 Å². The highest BCUT2D eigenvalue weighted by Crippen LogP contribution is 2.47. The Morgan fingerprint density at radius 1 is 1.27 bits per heavy atom. The van der Waals surface area contributed by atoms with E-state index in [2.05, 4.69) is 19.1 Å². The van der Waals surface area contributed by atoms with Crippen LogP contribution in [0.4, 0.5) is 0 Å². The zero-order valence-electron chi connectivity index (χ0n) is 7.47. The van der Waals surface area contributed by atoms with Crippen molar-refractivity contribution in [2.45, 2.75) is 45.4 Å². The molecule has 1 saturated carbocycles. The fourth-order valence-corrected chi connectivity index (χ4v) is 2.76. The van der Waals surface area contributed by atoms with Crippen molar-refractivity contribution < 1.29 is 0 Å². The second kappa shape index (κ2) is 2.66. The average Bonchev–Trinajstić information content (AvgIpc) is 2.03. The summed E-state index contributed by atoms with van der Waals surface area (Å²) in [5.41, 5.74) is 0.688. The molecule has 0 spiro atoms. The van der Waals surface area contributed by atoms with Crippen LogP contribution in [-0.4, -0.2) is 0 Å². The normalized spacial score (nSPS) is 43.5. The van der Waals surface area contributed by atoms with Crippen molar-refractivity contribution >= 4 is 0 Å². The van der Waals surface area contributed by atoms with Gasteiger partial charge in [-0.1, -0.05) is 31.9 Å². The van der Waals surface area contributed by atoms with Gasteiger partial charge in [-0.3, -0.25) is 0 Å². The molecule has 0 bridgehead atoms. The summed E-state index contributed by atoms with van der Waals surface area (Å²) in [6.07, 6.45) is 13.4. The average molecular weight is 150 g/mol. The molecule has 0 heteroatoms. The Morgan fingerprint density at radius 3 is 3.00 bits per heavy atom. The molecule has 0 amide bonds. The Hall–Kier alpha value is -0.260. The fraction of sp³-hybridized carbons (Fsp3) is 0.818. The third kappa shape index (κ3) is 1.23. The van der Waals surface area contributed by atoms with E-state index < -0.39 is 0 Å². The summed E-state index contributed by atoms with van der Waals surface area (Å²) in [6.45, 7) is 2.49. The summed E-state index contributed by atoms with van der Waals surface area (Å²) in [5, 5.41) is 0. The van der Waals surface area contributed by atoms with E-state index in [-0.39, 0.29) is 0 Å². The van der Waals surface area contributed by atoms with Crippen LogP contribution in [0.1, 0.15) is 45.4 Å².